The summed E-state index contributed by atoms with van der Waals surface area (Å²) in [5.74, 6) is 0. The number of aromatic amines is 1. The molecule has 0 fully saturated rings. The monoisotopic (exact) mass is 226 g/mol. The molecule has 2 nitrogen and oxygen atoms in total. The van der Waals surface area contributed by atoms with Crippen molar-refractivity contribution in [2.24, 2.45) is 0 Å². The molecular formula is C15H18N2. The van der Waals surface area contributed by atoms with E-state index < -0.39 is 0 Å². The van der Waals surface area contributed by atoms with Gasteiger partial charge in [-0.3, -0.25) is 0 Å². The summed E-state index contributed by atoms with van der Waals surface area (Å²) >= 11 is 0. The molecule has 0 aliphatic heterocycles. The molecule has 88 valence electrons. The number of nitrogens with one attached hydrogen (secondary N) is 2. The van der Waals surface area contributed by atoms with Crippen LogP contribution >= 0.6 is 0 Å². The smallest absolute Gasteiger partial charge is 0.0499 e. The summed E-state index contributed by atoms with van der Waals surface area (Å²) in [6.07, 6.45) is 10.2. The Morgan fingerprint density at radius 2 is 2.24 bits per heavy atom. The van der Waals surface area contributed by atoms with E-state index in [1.807, 2.05) is 6.20 Å². The minimum absolute atomic E-state index is 0.644. The van der Waals surface area contributed by atoms with Gasteiger partial charge in [-0.15, -0.1) is 0 Å². The summed E-state index contributed by atoms with van der Waals surface area (Å²) in [6, 6.07) is 9.25. The van der Waals surface area contributed by atoms with Gasteiger partial charge in [0.05, 0.1) is 0 Å². The maximum absolute atomic E-state index is 3.65. The summed E-state index contributed by atoms with van der Waals surface area (Å²) in [5.41, 5.74) is 2.63. The Balaban J connectivity index is 1.72. The molecule has 2 aromatic rings. The molecule has 0 spiro atoms. The molecule has 0 saturated heterocycles. The lowest BCUT2D eigenvalue weighted by atomic mass is 10.0. The van der Waals surface area contributed by atoms with Crippen molar-refractivity contribution in [2.45, 2.75) is 31.8 Å². The van der Waals surface area contributed by atoms with Gasteiger partial charge in [0, 0.05) is 24.3 Å². The van der Waals surface area contributed by atoms with Gasteiger partial charge in [0.1, 0.15) is 0 Å². The van der Waals surface area contributed by atoms with Crippen LogP contribution in [0.25, 0.3) is 10.9 Å². The number of benzene rings is 1. The Morgan fingerprint density at radius 1 is 1.24 bits per heavy atom. The minimum Gasteiger partial charge on any atom is -0.361 e. The van der Waals surface area contributed by atoms with Crippen molar-refractivity contribution in [1.82, 2.24) is 10.3 Å². The van der Waals surface area contributed by atoms with E-state index in [4.69, 9.17) is 0 Å². The lowest BCUT2D eigenvalue weighted by Crippen LogP contribution is -2.29. The predicted molar refractivity (Wildman–Crippen MR) is 71.9 cm³/mol. The molecule has 17 heavy (non-hydrogen) atoms. The van der Waals surface area contributed by atoms with Gasteiger partial charge in [-0.05, 0) is 36.3 Å². The largest absolute Gasteiger partial charge is 0.361 e. The molecule has 1 aliphatic carbocycles. The highest BCUT2D eigenvalue weighted by Crippen LogP contribution is 2.18. The highest BCUT2D eigenvalue weighted by Gasteiger charge is 2.09. The highest BCUT2D eigenvalue weighted by atomic mass is 14.9. The Hall–Kier alpha value is -1.54. The van der Waals surface area contributed by atoms with Crippen LogP contribution in [0.4, 0.5) is 0 Å². The van der Waals surface area contributed by atoms with E-state index in [1.54, 1.807) is 0 Å². The second kappa shape index (κ2) is 4.76. The summed E-state index contributed by atoms with van der Waals surface area (Å²) in [4.78, 5) is 3.32. The standard InChI is InChI=1S/C15H18N2/c1-2-7-14(8-3-1)17-11-13-6-4-5-12-9-10-16-15(12)13/h1-2,4-6,9-10,14,16-17H,3,7-8,11H2. The molecule has 1 aromatic carbocycles. The van der Waals surface area contributed by atoms with Crippen molar-refractivity contribution in [3.8, 4) is 0 Å². The van der Waals surface area contributed by atoms with Crippen LogP contribution in [0.2, 0.25) is 0 Å². The molecule has 1 unspecified atom stereocenters. The average molecular weight is 226 g/mol. The third-order valence-corrected chi connectivity index (χ3v) is 3.52. The second-order valence-electron chi connectivity index (χ2n) is 4.72. The van der Waals surface area contributed by atoms with Gasteiger partial charge in [0.25, 0.3) is 0 Å². The lowest BCUT2D eigenvalue weighted by Gasteiger charge is -2.19. The van der Waals surface area contributed by atoms with Crippen molar-refractivity contribution in [3.63, 3.8) is 0 Å². The number of fused-ring (bicyclic) bond motifs is 1. The van der Waals surface area contributed by atoms with E-state index in [9.17, 15) is 0 Å². The molecule has 2 N–H and O–H groups in total. The fourth-order valence-electron chi connectivity index (χ4n) is 2.53. The molecule has 0 saturated carbocycles. The molecular weight excluding hydrogens is 208 g/mol. The number of rotatable bonds is 3. The van der Waals surface area contributed by atoms with Crippen molar-refractivity contribution >= 4 is 10.9 Å². The first-order valence-corrected chi connectivity index (χ1v) is 6.37. The zero-order valence-electron chi connectivity index (χ0n) is 9.95. The second-order valence-corrected chi connectivity index (χ2v) is 4.72. The van der Waals surface area contributed by atoms with E-state index in [1.165, 1.54) is 35.7 Å². The van der Waals surface area contributed by atoms with Crippen LogP contribution in [0.15, 0.2) is 42.6 Å². The number of aromatic nitrogens is 1. The number of allylic oxidation sites excluding steroid dienone is 1. The lowest BCUT2D eigenvalue weighted by molar-refractivity contribution is 0.475. The number of para-hydroxylation sites is 1. The highest BCUT2D eigenvalue weighted by molar-refractivity contribution is 5.82. The van der Waals surface area contributed by atoms with Gasteiger partial charge >= 0.3 is 0 Å². The van der Waals surface area contributed by atoms with E-state index >= 15 is 0 Å². The Morgan fingerprint density at radius 3 is 3.12 bits per heavy atom. The van der Waals surface area contributed by atoms with Gasteiger partial charge in [0.2, 0.25) is 0 Å². The van der Waals surface area contributed by atoms with Crippen LogP contribution in [0.3, 0.4) is 0 Å². The molecule has 0 bridgehead atoms. The third-order valence-electron chi connectivity index (χ3n) is 3.52. The van der Waals surface area contributed by atoms with Gasteiger partial charge < -0.3 is 10.3 Å². The first kappa shape index (κ1) is 10.6. The van der Waals surface area contributed by atoms with Gasteiger partial charge in [-0.2, -0.15) is 0 Å². The Labute approximate surface area is 102 Å². The van der Waals surface area contributed by atoms with Crippen LogP contribution in [-0.4, -0.2) is 11.0 Å². The van der Waals surface area contributed by atoms with E-state index in [-0.39, 0.29) is 0 Å². The first-order chi connectivity index (χ1) is 8.43. The number of hydrogen-bond acceptors (Lipinski definition) is 1. The SMILES string of the molecule is C1=CCC(NCc2cccc3cc[nH]c23)CC1. The van der Waals surface area contributed by atoms with Crippen LogP contribution in [0, 0.1) is 0 Å². The fourth-order valence-corrected chi connectivity index (χ4v) is 2.53. The number of H-pyrrole nitrogens is 1. The number of hydrogen-bond donors (Lipinski definition) is 2. The molecule has 1 atom stereocenters. The van der Waals surface area contributed by atoms with Gasteiger partial charge in [0.15, 0.2) is 0 Å². The molecule has 0 radical (unpaired) electrons. The minimum atomic E-state index is 0.644. The normalized spacial score (nSPS) is 19.9. The van der Waals surface area contributed by atoms with E-state index in [2.05, 4.69) is 46.7 Å². The van der Waals surface area contributed by atoms with Gasteiger partial charge in [-0.25, -0.2) is 0 Å². The van der Waals surface area contributed by atoms with Crippen molar-refractivity contribution in [3.05, 3.63) is 48.2 Å². The molecule has 1 heterocycles. The van der Waals surface area contributed by atoms with E-state index in [0.717, 1.165) is 6.54 Å². The van der Waals surface area contributed by atoms with Crippen LogP contribution < -0.4 is 5.32 Å². The van der Waals surface area contributed by atoms with Crippen LogP contribution in [-0.2, 0) is 6.54 Å². The van der Waals surface area contributed by atoms with Gasteiger partial charge in [-0.1, -0.05) is 30.4 Å². The zero-order chi connectivity index (χ0) is 11.5. The van der Waals surface area contributed by atoms with Crippen LogP contribution in [0.5, 0.6) is 0 Å². The van der Waals surface area contributed by atoms with Crippen LogP contribution in [0.1, 0.15) is 24.8 Å². The molecule has 2 heteroatoms. The maximum Gasteiger partial charge on any atom is 0.0499 e. The third kappa shape index (κ3) is 2.27. The van der Waals surface area contributed by atoms with Crippen molar-refractivity contribution < 1.29 is 0 Å². The predicted octanol–water partition coefficient (Wildman–Crippen LogP) is 3.37. The average Bonchev–Trinajstić information content (AvgIpc) is 2.86. The molecule has 0 amide bonds. The Kier molecular flexibility index (Phi) is 2.97. The van der Waals surface area contributed by atoms with Crippen molar-refractivity contribution in [1.29, 1.82) is 0 Å². The summed E-state index contributed by atoms with van der Waals surface area (Å²) < 4.78 is 0. The zero-order valence-corrected chi connectivity index (χ0v) is 9.95. The quantitative estimate of drug-likeness (QED) is 0.772. The molecule has 1 aliphatic rings. The first-order valence-electron chi connectivity index (χ1n) is 6.37. The van der Waals surface area contributed by atoms with Crippen molar-refractivity contribution in [2.75, 3.05) is 0 Å². The molecule has 1 aromatic heterocycles. The topological polar surface area (TPSA) is 27.8 Å². The fraction of sp³-hybridized carbons (Fsp3) is 0.333. The molecule has 3 rings (SSSR count). The maximum atomic E-state index is 3.65. The summed E-state index contributed by atoms with van der Waals surface area (Å²) in [7, 11) is 0. The Bertz CT molecular complexity index is 524. The summed E-state index contributed by atoms with van der Waals surface area (Å²) in [5, 5.41) is 4.95. The van der Waals surface area contributed by atoms with E-state index in [0.29, 0.717) is 6.04 Å². The summed E-state index contributed by atoms with van der Waals surface area (Å²) in [6.45, 7) is 0.955.